The molecule has 0 saturated carbocycles. The second-order valence-corrected chi connectivity index (χ2v) is 19.1. The normalized spacial score (nSPS) is 17.7. The molecular weight excluding hydrogens is 716 g/mol. The van der Waals surface area contributed by atoms with Gasteiger partial charge in [0.1, 0.15) is 0 Å². The summed E-state index contributed by atoms with van der Waals surface area (Å²) in [7, 11) is 0. The maximum absolute atomic E-state index is 3.40. The molecule has 0 heterocycles. The Hall–Kier alpha value is -3.54. The molecule has 8 rings (SSSR count). The number of aryl methyl sites for hydroxylation is 2. The Bertz CT molecular complexity index is 2160. The first-order valence-corrected chi connectivity index (χ1v) is 20.8. The molecule has 270 valence electrons. The number of benzene rings is 4. The third-order valence-corrected chi connectivity index (χ3v) is 12.8. The third-order valence-electron chi connectivity index (χ3n) is 11.4. The first kappa shape index (κ1) is 39.2. The van der Waals surface area contributed by atoms with Gasteiger partial charge in [0.2, 0.25) is 0 Å². The number of hydrogen-bond acceptors (Lipinski definition) is 0. The quantitative estimate of drug-likeness (QED) is 0.160. The Morgan fingerprint density at radius 2 is 1.13 bits per heavy atom. The fraction of sp³-hybridized carbons (Fsp3) is 0.346. The molecule has 5 aromatic rings. The van der Waals surface area contributed by atoms with E-state index in [1.54, 1.807) is 0 Å². The second-order valence-electron chi connectivity index (χ2n) is 17.9. The maximum atomic E-state index is 3.40. The Labute approximate surface area is 335 Å². The van der Waals surface area contributed by atoms with Crippen molar-refractivity contribution in [2.75, 3.05) is 0 Å². The fourth-order valence-electron chi connectivity index (χ4n) is 8.28. The first-order chi connectivity index (χ1) is 24.9. The molecule has 0 aliphatic heterocycles. The Morgan fingerprint density at radius 1 is 0.698 bits per heavy atom. The van der Waals surface area contributed by atoms with Crippen LogP contribution in [-0.2, 0) is 35.1 Å². The van der Waals surface area contributed by atoms with Crippen LogP contribution in [0.2, 0.25) is 0 Å². The van der Waals surface area contributed by atoms with Crippen molar-refractivity contribution in [1.82, 2.24) is 0 Å². The van der Waals surface area contributed by atoms with Gasteiger partial charge in [-0.1, -0.05) is 115 Å². The molecule has 0 N–H and O–H groups in total. The van der Waals surface area contributed by atoms with E-state index in [9.17, 15) is 0 Å². The summed E-state index contributed by atoms with van der Waals surface area (Å²) in [5.74, 6) is 0.587. The average Bonchev–Trinajstić information content (AvgIpc) is 3.82. The molecule has 1 unspecified atom stereocenters. The summed E-state index contributed by atoms with van der Waals surface area (Å²) >= 11 is 1.46. The fourth-order valence-corrected chi connectivity index (χ4v) is 9.10. The molecule has 0 spiro atoms. The van der Waals surface area contributed by atoms with Gasteiger partial charge in [-0.05, 0) is 36.1 Å². The van der Waals surface area contributed by atoms with Gasteiger partial charge in [-0.2, -0.15) is 11.6 Å². The minimum atomic E-state index is 0.139. The van der Waals surface area contributed by atoms with Crippen LogP contribution in [0.3, 0.4) is 0 Å². The van der Waals surface area contributed by atoms with Crippen molar-refractivity contribution in [2.45, 2.75) is 107 Å². The molecule has 0 amide bonds. The summed E-state index contributed by atoms with van der Waals surface area (Å²) in [6.45, 7) is 27.0. The van der Waals surface area contributed by atoms with Crippen LogP contribution in [0.25, 0.3) is 32.7 Å². The van der Waals surface area contributed by atoms with Gasteiger partial charge in [0.25, 0.3) is 0 Å². The van der Waals surface area contributed by atoms with Gasteiger partial charge in [-0.25, -0.2) is 6.08 Å². The topological polar surface area (TPSA) is 0 Å². The Kier molecular flexibility index (Phi) is 11.0. The molecule has 0 fully saturated rings. The molecule has 0 aromatic heterocycles. The van der Waals surface area contributed by atoms with E-state index in [1.165, 1.54) is 123 Å². The number of fused-ring (bicyclic) bond motifs is 5. The summed E-state index contributed by atoms with van der Waals surface area (Å²) in [5, 5.41) is 5.57. The Morgan fingerprint density at radius 3 is 1.51 bits per heavy atom. The van der Waals surface area contributed by atoms with E-state index >= 15 is 0 Å². The number of rotatable bonds is 4. The van der Waals surface area contributed by atoms with Crippen LogP contribution in [0.1, 0.15) is 127 Å². The van der Waals surface area contributed by atoms with Crippen LogP contribution in [-0.4, -0.2) is 3.21 Å². The van der Waals surface area contributed by atoms with E-state index in [4.69, 9.17) is 0 Å². The monoisotopic (exact) mass is 772 g/mol. The summed E-state index contributed by atoms with van der Waals surface area (Å²) in [4.78, 5) is 0. The molecule has 53 heavy (non-hydrogen) atoms. The first-order valence-electron chi connectivity index (χ1n) is 19.5. The van der Waals surface area contributed by atoms with Gasteiger partial charge >= 0.3 is 112 Å². The van der Waals surface area contributed by atoms with E-state index in [1.807, 2.05) is 0 Å². The van der Waals surface area contributed by atoms with Gasteiger partial charge in [0.15, 0.2) is 0 Å². The SMILES string of the molecule is CC1=CC(C)(C)c2cc3[cH-]c4cc5c(cc4c3cc21)C(C)=CC5(C)C.CCCC1[C-]=CC(C(C)(C)C)=C1.Cc1ccc([C](=[Zr+2])c2ccc(C)cc2)cc1. The van der Waals surface area contributed by atoms with Crippen LogP contribution in [0.15, 0.2) is 109 Å². The van der Waals surface area contributed by atoms with Crippen molar-refractivity contribution in [2.24, 2.45) is 11.3 Å². The Balaban J connectivity index is 0.000000148. The molecule has 3 aliphatic rings. The van der Waals surface area contributed by atoms with Crippen molar-refractivity contribution < 1.29 is 24.2 Å². The predicted octanol–water partition coefficient (Wildman–Crippen LogP) is 14.3. The molecular formula is C52H58Zr. The zero-order valence-corrected chi connectivity index (χ0v) is 36.8. The van der Waals surface area contributed by atoms with Gasteiger partial charge in [-0.3, -0.25) is 6.08 Å². The van der Waals surface area contributed by atoms with Gasteiger partial charge < -0.3 is 0 Å². The van der Waals surface area contributed by atoms with E-state index in [0.717, 1.165) is 0 Å². The van der Waals surface area contributed by atoms with Crippen molar-refractivity contribution in [1.29, 1.82) is 0 Å². The molecule has 3 aliphatic carbocycles. The average molecular weight is 774 g/mol. The minimum absolute atomic E-state index is 0.139. The molecule has 0 saturated heterocycles. The van der Waals surface area contributed by atoms with Crippen molar-refractivity contribution in [3.8, 4) is 0 Å². The molecule has 0 nitrogen and oxygen atoms in total. The predicted molar refractivity (Wildman–Crippen MR) is 230 cm³/mol. The van der Waals surface area contributed by atoms with E-state index in [-0.39, 0.29) is 10.8 Å². The summed E-state index contributed by atoms with van der Waals surface area (Å²) in [6.07, 6.45) is 15.2. The molecule has 5 aromatic carbocycles. The zero-order chi connectivity index (χ0) is 38.5. The summed E-state index contributed by atoms with van der Waals surface area (Å²) in [5.41, 5.74) is 16.0. The van der Waals surface area contributed by atoms with Crippen LogP contribution in [0.5, 0.6) is 0 Å². The van der Waals surface area contributed by atoms with E-state index in [0.29, 0.717) is 11.3 Å². The van der Waals surface area contributed by atoms with Crippen molar-refractivity contribution in [3.05, 3.63) is 159 Å². The van der Waals surface area contributed by atoms with Gasteiger partial charge in [0, 0.05) is 10.8 Å². The molecule has 0 bridgehead atoms. The zero-order valence-electron chi connectivity index (χ0n) is 34.3. The van der Waals surface area contributed by atoms with E-state index < -0.39 is 0 Å². The van der Waals surface area contributed by atoms with Gasteiger partial charge in [-0.15, -0.1) is 39.7 Å². The molecule has 1 heteroatoms. The van der Waals surface area contributed by atoms with E-state index in [2.05, 4.69) is 192 Å². The van der Waals surface area contributed by atoms with Crippen molar-refractivity contribution >= 4 is 35.9 Å². The molecule has 0 radical (unpaired) electrons. The third kappa shape index (κ3) is 8.27. The van der Waals surface area contributed by atoms with Crippen LogP contribution in [0, 0.1) is 31.3 Å². The summed E-state index contributed by atoms with van der Waals surface area (Å²) in [6, 6.07) is 29.6. The second kappa shape index (κ2) is 14.9. The van der Waals surface area contributed by atoms with Gasteiger partial charge in [0.05, 0.1) is 0 Å². The van der Waals surface area contributed by atoms with Crippen LogP contribution < -0.4 is 0 Å². The number of hydrogen-bond donors (Lipinski definition) is 0. The van der Waals surface area contributed by atoms with Crippen LogP contribution in [0.4, 0.5) is 0 Å². The van der Waals surface area contributed by atoms with Crippen LogP contribution >= 0.6 is 0 Å². The van der Waals surface area contributed by atoms with Crippen molar-refractivity contribution in [3.63, 3.8) is 0 Å². The summed E-state index contributed by atoms with van der Waals surface area (Å²) < 4.78 is 1.42. The standard InChI is InChI=1S/C25H25.C15H14.C12H19.Zr/c1-14-12-24(3,4)22-8-16-7-17-9-23-19(15(2)13-25(23,5)6)11-21(17)20(16)10-18(14)22;1-12-3-7-14(8-4-12)11-15-9-5-13(2)6-10-15;1-5-6-10-7-8-11(9-10)12(2,3)4;/h7-13H,1-6H3;3-10H,1-2H3;8-10H,5-6H2,1-4H3;/q-1;;-1;+2. The molecule has 1 atom stereocenters. The number of allylic oxidation sites excluding steroid dienone is 8.